The van der Waals surface area contributed by atoms with E-state index in [9.17, 15) is 14.4 Å². The summed E-state index contributed by atoms with van der Waals surface area (Å²) in [6.07, 6.45) is 0. The van der Waals surface area contributed by atoms with Crippen LogP contribution in [0.4, 0.5) is 5.69 Å². The summed E-state index contributed by atoms with van der Waals surface area (Å²) in [5.74, 6) is -1.17. The molecular formula is C24H20N2O3. The quantitative estimate of drug-likeness (QED) is 0.629. The van der Waals surface area contributed by atoms with Gasteiger partial charge in [0.1, 0.15) is 6.54 Å². The zero-order valence-corrected chi connectivity index (χ0v) is 16.0. The number of aryl methyl sites for hydroxylation is 1. The van der Waals surface area contributed by atoms with Gasteiger partial charge in [-0.15, -0.1) is 0 Å². The first kappa shape index (κ1) is 18.6. The maximum absolute atomic E-state index is 13.2. The monoisotopic (exact) mass is 384 g/mol. The highest BCUT2D eigenvalue weighted by Crippen LogP contribution is 2.24. The summed E-state index contributed by atoms with van der Waals surface area (Å²) in [6, 6.07) is 23.9. The maximum atomic E-state index is 13.2. The number of anilines is 1. The standard InChI is InChI=1S/C24H20N2O3/c1-17-8-7-11-19(14-17)25(15-18-9-3-2-4-10-18)22(27)16-26-23(28)20-12-5-6-13-21(20)24(26)29/h2-14H,15-16H2,1H3. The van der Waals surface area contributed by atoms with Gasteiger partial charge < -0.3 is 4.90 Å². The largest absolute Gasteiger partial charge is 0.306 e. The number of hydrogen-bond acceptors (Lipinski definition) is 3. The first-order valence-corrected chi connectivity index (χ1v) is 9.41. The Morgan fingerprint density at radius 1 is 0.828 bits per heavy atom. The lowest BCUT2D eigenvalue weighted by Gasteiger charge is -2.25. The molecule has 3 amide bonds. The highest BCUT2D eigenvalue weighted by molar-refractivity contribution is 6.22. The van der Waals surface area contributed by atoms with E-state index >= 15 is 0 Å². The molecule has 3 aromatic rings. The summed E-state index contributed by atoms with van der Waals surface area (Å²) in [7, 11) is 0. The van der Waals surface area contributed by atoms with E-state index < -0.39 is 11.8 Å². The average molecular weight is 384 g/mol. The summed E-state index contributed by atoms with van der Waals surface area (Å²) in [5.41, 5.74) is 3.40. The third-order valence-corrected chi connectivity index (χ3v) is 4.97. The predicted octanol–water partition coefficient (Wildman–Crippen LogP) is 3.82. The van der Waals surface area contributed by atoms with Gasteiger partial charge in [-0.25, -0.2) is 0 Å². The topological polar surface area (TPSA) is 57.7 Å². The molecule has 144 valence electrons. The van der Waals surface area contributed by atoms with Crippen molar-refractivity contribution in [2.24, 2.45) is 0 Å². The Balaban J connectivity index is 1.62. The molecule has 0 unspecified atom stereocenters. The SMILES string of the molecule is Cc1cccc(N(Cc2ccccc2)C(=O)CN2C(=O)c3ccccc3C2=O)c1. The van der Waals surface area contributed by atoms with Gasteiger partial charge >= 0.3 is 0 Å². The zero-order valence-electron chi connectivity index (χ0n) is 16.0. The van der Waals surface area contributed by atoms with Crippen molar-refractivity contribution in [3.63, 3.8) is 0 Å². The van der Waals surface area contributed by atoms with E-state index in [4.69, 9.17) is 0 Å². The Labute approximate surface area is 169 Å². The van der Waals surface area contributed by atoms with Crippen LogP contribution in [0.5, 0.6) is 0 Å². The van der Waals surface area contributed by atoms with Crippen molar-refractivity contribution in [3.8, 4) is 0 Å². The molecule has 0 fully saturated rings. The van der Waals surface area contributed by atoms with Gasteiger partial charge in [0.25, 0.3) is 11.8 Å². The number of hydrogen-bond donors (Lipinski definition) is 0. The fourth-order valence-electron chi connectivity index (χ4n) is 3.49. The van der Waals surface area contributed by atoms with Gasteiger partial charge in [-0.2, -0.15) is 0 Å². The van der Waals surface area contributed by atoms with E-state index in [2.05, 4.69) is 0 Å². The van der Waals surface area contributed by atoms with Crippen LogP contribution in [0.15, 0.2) is 78.9 Å². The number of rotatable bonds is 5. The van der Waals surface area contributed by atoms with Crippen LogP contribution in [0.2, 0.25) is 0 Å². The second kappa shape index (κ2) is 7.72. The van der Waals surface area contributed by atoms with E-state index in [0.717, 1.165) is 21.7 Å². The van der Waals surface area contributed by atoms with Gasteiger partial charge in [0, 0.05) is 5.69 Å². The zero-order chi connectivity index (χ0) is 20.4. The number of nitrogens with zero attached hydrogens (tertiary/aromatic N) is 2. The number of fused-ring (bicyclic) bond motifs is 1. The normalized spacial score (nSPS) is 12.8. The first-order valence-electron chi connectivity index (χ1n) is 9.41. The number of imide groups is 1. The lowest BCUT2D eigenvalue weighted by atomic mass is 10.1. The van der Waals surface area contributed by atoms with Crippen LogP contribution >= 0.6 is 0 Å². The predicted molar refractivity (Wildman–Crippen MR) is 111 cm³/mol. The molecule has 0 N–H and O–H groups in total. The maximum Gasteiger partial charge on any atom is 0.262 e. The summed E-state index contributed by atoms with van der Waals surface area (Å²) >= 11 is 0. The van der Waals surface area contributed by atoms with Gasteiger partial charge in [0.05, 0.1) is 17.7 Å². The van der Waals surface area contributed by atoms with Crippen LogP contribution < -0.4 is 4.90 Å². The summed E-state index contributed by atoms with van der Waals surface area (Å²) < 4.78 is 0. The third kappa shape index (κ3) is 3.67. The summed E-state index contributed by atoms with van der Waals surface area (Å²) in [4.78, 5) is 41.2. The van der Waals surface area contributed by atoms with Crippen LogP contribution in [0.25, 0.3) is 0 Å². The minimum absolute atomic E-state index is 0.298. The molecule has 0 atom stereocenters. The van der Waals surface area contributed by atoms with Gasteiger partial charge in [-0.1, -0.05) is 54.6 Å². The van der Waals surface area contributed by atoms with E-state index in [1.165, 1.54) is 0 Å². The second-order valence-corrected chi connectivity index (χ2v) is 7.05. The fourth-order valence-corrected chi connectivity index (χ4v) is 3.49. The molecule has 1 aliphatic heterocycles. The van der Waals surface area contributed by atoms with Gasteiger partial charge in [-0.05, 0) is 42.3 Å². The average Bonchev–Trinajstić information content (AvgIpc) is 2.98. The van der Waals surface area contributed by atoms with Crippen LogP contribution in [0, 0.1) is 6.92 Å². The van der Waals surface area contributed by atoms with Crippen LogP contribution in [0.3, 0.4) is 0 Å². The minimum Gasteiger partial charge on any atom is -0.306 e. The molecular weight excluding hydrogens is 364 g/mol. The smallest absolute Gasteiger partial charge is 0.262 e. The Hall–Kier alpha value is -3.73. The lowest BCUT2D eigenvalue weighted by Crippen LogP contribution is -2.42. The molecule has 4 rings (SSSR count). The molecule has 0 saturated carbocycles. The number of benzene rings is 3. The summed E-state index contributed by atoms with van der Waals surface area (Å²) in [5, 5.41) is 0. The van der Waals surface area contributed by atoms with Gasteiger partial charge in [-0.3, -0.25) is 19.3 Å². The molecule has 0 radical (unpaired) electrons. The van der Waals surface area contributed by atoms with Crippen LogP contribution in [-0.4, -0.2) is 29.2 Å². The molecule has 5 nitrogen and oxygen atoms in total. The molecule has 0 bridgehead atoms. The molecule has 0 aromatic heterocycles. The van der Waals surface area contributed by atoms with E-state index in [1.807, 2.05) is 61.5 Å². The van der Waals surface area contributed by atoms with Crippen molar-refractivity contribution in [2.45, 2.75) is 13.5 Å². The van der Waals surface area contributed by atoms with Crippen LogP contribution in [-0.2, 0) is 11.3 Å². The van der Waals surface area contributed by atoms with E-state index in [0.29, 0.717) is 17.7 Å². The Morgan fingerprint density at radius 2 is 1.45 bits per heavy atom. The fraction of sp³-hybridized carbons (Fsp3) is 0.125. The molecule has 5 heteroatoms. The van der Waals surface area contributed by atoms with Gasteiger partial charge in [0.15, 0.2) is 0 Å². The molecule has 29 heavy (non-hydrogen) atoms. The molecule has 1 aliphatic rings. The van der Waals surface area contributed by atoms with Crippen molar-refractivity contribution in [3.05, 3.63) is 101 Å². The highest BCUT2D eigenvalue weighted by atomic mass is 16.2. The first-order chi connectivity index (χ1) is 14.0. The number of amides is 3. The second-order valence-electron chi connectivity index (χ2n) is 7.05. The summed E-state index contributed by atoms with van der Waals surface area (Å²) in [6.45, 7) is 2.01. The Bertz CT molecular complexity index is 1060. The number of carbonyl (C=O) groups excluding carboxylic acids is 3. The minimum atomic E-state index is -0.428. The third-order valence-electron chi connectivity index (χ3n) is 4.97. The van der Waals surface area contributed by atoms with Crippen molar-refractivity contribution < 1.29 is 14.4 Å². The Kier molecular flexibility index (Phi) is 4.96. The van der Waals surface area contributed by atoms with E-state index in [-0.39, 0.29) is 12.5 Å². The highest BCUT2D eigenvalue weighted by Gasteiger charge is 2.37. The lowest BCUT2D eigenvalue weighted by molar-refractivity contribution is -0.119. The van der Waals surface area contributed by atoms with Crippen molar-refractivity contribution in [1.82, 2.24) is 4.90 Å². The van der Waals surface area contributed by atoms with Gasteiger partial charge in [0.2, 0.25) is 5.91 Å². The Morgan fingerprint density at radius 3 is 2.07 bits per heavy atom. The molecule has 0 aliphatic carbocycles. The molecule has 0 spiro atoms. The number of carbonyl (C=O) groups is 3. The molecule has 3 aromatic carbocycles. The van der Waals surface area contributed by atoms with Crippen molar-refractivity contribution in [2.75, 3.05) is 11.4 Å². The van der Waals surface area contributed by atoms with Crippen molar-refractivity contribution in [1.29, 1.82) is 0 Å². The van der Waals surface area contributed by atoms with Crippen LogP contribution in [0.1, 0.15) is 31.8 Å². The molecule has 1 heterocycles. The molecule has 0 saturated heterocycles. The van der Waals surface area contributed by atoms with E-state index in [1.54, 1.807) is 29.2 Å². The van der Waals surface area contributed by atoms with Crippen molar-refractivity contribution >= 4 is 23.4 Å².